The van der Waals surface area contributed by atoms with Crippen molar-refractivity contribution in [3.8, 4) is 0 Å². The number of hydrogen-bond acceptors (Lipinski definition) is 3. The Balaban J connectivity index is 2.21. The molecule has 4 heteroatoms. The summed E-state index contributed by atoms with van der Waals surface area (Å²) in [5.74, 6) is -0.893. The molecule has 2 aromatic rings. The van der Waals surface area contributed by atoms with E-state index < -0.39 is 5.97 Å². The van der Waals surface area contributed by atoms with Crippen molar-refractivity contribution in [1.82, 2.24) is 10.3 Å². The molecule has 0 saturated carbocycles. The number of aromatic nitrogens is 1. The number of carbonyl (C=O) groups is 1. The summed E-state index contributed by atoms with van der Waals surface area (Å²) in [6.07, 6.45) is 2.13. The molecule has 98 valence electrons. The van der Waals surface area contributed by atoms with Crippen LogP contribution in [0.4, 0.5) is 0 Å². The van der Waals surface area contributed by atoms with Crippen LogP contribution in [-0.4, -0.2) is 22.6 Å². The van der Waals surface area contributed by atoms with Gasteiger partial charge in [-0.3, -0.25) is 4.98 Å². The lowest BCUT2D eigenvalue weighted by molar-refractivity contribution is 0.0699. The predicted octanol–water partition coefficient (Wildman–Crippen LogP) is 2.67. The van der Waals surface area contributed by atoms with Crippen LogP contribution in [0, 0.1) is 6.92 Å². The third-order valence-electron chi connectivity index (χ3n) is 3.63. The summed E-state index contributed by atoms with van der Waals surface area (Å²) < 4.78 is 0. The van der Waals surface area contributed by atoms with Crippen LogP contribution in [0.25, 0.3) is 10.9 Å². The number of benzene rings is 1. The van der Waals surface area contributed by atoms with E-state index >= 15 is 0 Å². The molecule has 0 bridgehead atoms. The van der Waals surface area contributed by atoms with Crippen molar-refractivity contribution in [3.63, 3.8) is 0 Å². The Morgan fingerprint density at radius 3 is 2.95 bits per heavy atom. The van der Waals surface area contributed by atoms with Crippen LogP contribution in [0.15, 0.2) is 24.3 Å². The molecule has 1 unspecified atom stereocenters. The fourth-order valence-corrected chi connectivity index (χ4v) is 2.65. The van der Waals surface area contributed by atoms with Gasteiger partial charge in [-0.05, 0) is 44.0 Å². The molecule has 1 fully saturated rings. The lowest BCUT2D eigenvalue weighted by atomic mass is 10.0. The lowest BCUT2D eigenvalue weighted by Crippen LogP contribution is -2.15. The van der Waals surface area contributed by atoms with Gasteiger partial charge in [0.1, 0.15) is 0 Å². The predicted molar refractivity (Wildman–Crippen MR) is 73.4 cm³/mol. The molecule has 2 heterocycles. The minimum atomic E-state index is -0.893. The summed E-state index contributed by atoms with van der Waals surface area (Å²) in [6, 6.07) is 7.60. The van der Waals surface area contributed by atoms with Crippen molar-refractivity contribution in [1.29, 1.82) is 0 Å². The summed E-state index contributed by atoms with van der Waals surface area (Å²) in [7, 11) is 0. The zero-order valence-corrected chi connectivity index (χ0v) is 10.8. The van der Waals surface area contributed by atoms with E-state index in [-0.39, 0.29) is 6.04 Å². The number of rotatable bonds is 2. The van der Waals surface area contributed by atoms with Crippen LogP contribution in [0.1, 0.15) is 40.5 Å². The minimum absolute atomic E-state index is 0.183. The molecular formula is C15H16N2O2. The fraction of sp³-hybridized carbons (Fsp3) is 0.333. The summed E-state index contributed by atoms with van der Waals surface area (Å²) in [5, 5.41) is 13.4. The van der Waals surface area contributed by atoms with Crippen LogP contribution >= 0.6 is 0 Å². The molecular weight excluding hydrogens is 240 g/mol. The molecule has 1 atom stereocenters. The molecule has 1 aromatic carbocycles. The van der Waals surface area contributed by atoms with Crippen molar-refractivity contribution in [2.75, 3.05) is 6.54 Å². The van der Waals surface area contributed by atoms with Gasteiger partial charge in [0, 0.05) is 11.4 Å². The summed E-state index contributed by atoms with van der Waals surface area (Å²) >= 11 is 0. The Labute approximate surface area is 111 Å². The van der Waals surface area contributed by atoms with E-state index in [9.17, 15) is 9.90 Å². The van der Waals surface area contributed by atoms with E-state index in [1.165, 1.54) is 0 Å². The average molecular weight is 256 g/mol. The molecule has 0 aliphatic carbocycles. The number of hydrogen-bond donors (Lipinski definition) is 2. The molecule has 4 nitrogen and oxygen atoms in total. The third-order valence-corrected chi connectivity index (χ3v) is 3.63. The van der Waals surface area contributed by atoms with Crippen molar-refractivity contribution in [3.05, 3.63) is 41.1 Å². The van der Waals surface area contributed by atoms with Gasteiger partial charge in [0.05, 0.1) is 16.8 Å². The van der Waals surface area contributed by atoms with E-state index in [1.54, 1.807) is 6.07 Å². The second kappa shape index (κ2) is 4.63. The maximum absolute atomic E-state index is 11.4. The van der Waals surface area contributed by atoms with Gasteiger partial charge in [0.25, 0.3) is 0 Å². The molecule has 0 amide bonds. The second-order valence-corrected chi connectivity index (χ2v) is 5.07. The van der Waals surface area contributed by atoms with Crippen LogP contribution < -0.4 is 5.32 Å². The van der Waals surface area contributed by atoms with Gasteiger partial charge >= 0.3 is 5.97 Å². The van der Waals surface area contributed by atoms with Gasteiger partial charge in [-0.1, -0.05) is 12.1 Å². The number of carboxylic acids is 1. The Morgan fingerprint density at radius 1 is 1.42 bits per heavy atom. The Kier molecular flexibility index (Phi) is 2.95. The number of carboxylic acid groups (broad SMARTS) is 1. The van der Waals surface area contributed by atoms with E-state index in [4.69, 9.17) is 0 Å². The Bertz CT molecular complexity index is 646. The molecule has 0 spiro atoms. The molecule has 19 heavy (non-hydrogen) atoms. The first-order chi connectivity index (χ1) is 9.15. The highest BCUT2D eigenvalue weighted by Gasteiger charge is 2.20. The molecule has 2 N–H and O–H groups in total. The Hall–Kier alpha value is -1.94. The number of aryl methyl sites for hydroxylation is 1. The van der Waals surface area contributed by atoms with Gasteiger partial charge in [0.15, 0.2) is 0 Å². The summed E-state index contributed by atoms with van der Waals surface area (Å²) in [5.41, 5.74) is 3.04. The van der Waals surface area contributed by atoms with Crippen molar-refractivity contribution < 1.29 is 9.90 Å². The van der Waals surface area contributed by atoms with Crippen molar-refractivity contribution in [2.45, 2.75) is 25.8 Å². The fourth-order valence-electron chi connectivity index (χ4n) is 2.65. The SMILES string of the molecule is Cc1ccc2c(C(=O)O)cc(C3CCCN3)nc2c1. The van der Waals surface area contributed by atoms with Crippen LogP contribution in [0.3, 0.4) is 0 Å². The van der Waals surface area contributed by atoms with Crippen molar-refractivity contribution >= 4 is 16.9 Å². The van der Waals surface area contributed by atoms with Crippen LogP contribution in [-0.2, 0) is 0 Å². The molecule has 1 aliphatic heterocycles. The topological polar surface area (TPSA) is 62.2 Å². The molecule has 3 rings (SSSR count). The zero-order valence-electron chi connectivity index (χ0n) is 10.8. The zero-order chi connectivity index (χ0) is 13.4. The number of aromatic carboxylic acids is 1. The highest BCUT2D eigenvalue weighted by molar-refractivity contribution is 6.02. The molecule has 0 radical (unpaired) electrons. The van der Waals surface area contributed by atoms with E-state index in [2.05, 4.69) is 10.3 Å². The monoisotopic (exact) mass is 256 g/mol. The first kappa shape index (κ1) is 12.1. The van der Waals surface area contributed by atoms with E-state index in [0.29, 0.717) is 10.9 Å². The largest absolute Gasteiger partial charge is 0.478 e. The minimum Gasteiger partial charge on any atom is -0.478 e. The average Bonchev–Trinajstić information content (AvgIpc) is 2.90. The van der Waals surface area contributed by atoms with Gasteiger partial charge in [-0.25, -0.2) is 4.79 Å². The summed E-state index contributed by atoms with van der Waals surface area (Å²) in [6.45, 7) is 2.96. The number of pyridine rings is 1. The summed E-state index contributed by atoms with van der Waals surface area (Å²) in [4.78, 5) is 16.1. The van der Waals surface area contributed by atoms with Crippen LogP contribution in [0.5, 0.6) is 0 Å². The standard InChI is InChI=1S/C15H16N2O2/c1-9-4-5-10-11(15(18)19)8-14(17-13(10)7-9)12-3-2-6-16-12/h4-5,7-8,12,16H,2-3,6H2,1H3,(H,18,19). The highest BCUT2D eigenvalue weighted by Crippen LogP contribution is 2.26. The Morgan fingerprint density at radius 2 is 2.26 bits per heavy atom. The first-order valence-corrected chi connectivity index (χ1v) is 6.53. The number of fused-ring (bicyclic) bond motifs is 1. The van der Waals surface area contributed by atoms with E-state index in [0.717, 1.165) is 36.2 Å². The van der Waals surface area contributed by atoms with Gasteiger partial charge < -0.3 is 10.4 Å². The van der Waals surface area contributed by atoms with Crippen LogP contribution in [0.2, 0.25) is 0 Å². The second-order valence-electron chi connectivity index (χ2n) is 5.07. The molecule has 1 aliphatic rings. The first-order valence-electron chi connectivity index (χ1n) is 6.53. The number of nitrogens with zero attached hydrogens (tertiary/aromatic N) is 1. The lowest BCUT2D eigenvalue weighted by Gasteiger charge is -2.12. The van der Waals surface area contributed by atoms with Gasteiger partial charge in [-0.15, -0.1) is 0 Å². The maximum atomic E-state index is 11.4. The normalized spacial score (nSPS) is 18.9. The molecule has 1 saturated heterocycles. The van der Waals surface area contributed by atoms with E-state index in [1.807, 2.05) is 25.1 Å². The molecule has 1 aromatic heterocycles. The maximum Gasteiger partial charge on any atom is 0.336 e. The quantitative estimate of drug-likeness (QED) is 0.867. The van der Waals surface area contributed by atoms with Gasteiger partial charge in [-0.2, -0.15) is 0 Å². The number of nitrogens with one attached hydrogen (secondary N) is 1. The highest BCUT2D eigenvalue weighted by atomic mass is 16.4. The van der Waals surface area contributed by atoms with Crippen molar-refractivity contribution in [2.24, 2.45) is 0 Å². The van der Waals surface area contributed by atoms with Gasteiger partial charge in [0.2, 0.25) is 0 Å². The third kappa shape index (κ3) is 2.19. The smallest absolute Gasteiger partial charge is 0.336 e.